The van der Waals surface area contributed by atoms with Gasteiger partial charge in [0.25, 0.3) is 0 Å². The van der Waals surface area contributed by atoms with Crippen LogP contribution in [0.25, 0.3) is 17.0 Å². The zero-order chi connectivity index (χ0) is 14.3. The van der Waals surface area contributed by atoms with Crippen LogP contribution in [0.4, 0.5) is 5.82 Å². The molecule has 0 fully saturated rings. The molecule has 3 aromatic rings. The number of imidazole rings is 1. The number of hydrogen-bond acceptors (Lipinski definition) is 4. The van der Waals surface area contributed by atoms with Crippen LogP contribution in [0.2, 0.25) is 10.0 Å². The van der Waals surface area contributed by atoms with Gasteiger partial charge in [0.2, 0.25) is 5.88 Å². The van der Waals surface area contributed by atoms with Crippen molar-refractivity contribution in [3.05, 3.63) is 40.5 Å². The number of rotatable bonds is 2. The molecule has 7 heteroatoms. The zero-order valence-corrected chi connectivity index (χ0v) is 12.0. The third kappa shape index (κ3) is 2.05. The molecule has 0 amide bonds. The Morgan fingerprint density at radius 3 is 2.80 bits per heavy atom. The Balaban J connectivity index is 2.26. The highest BCUT2D eigenvalue weighted by Crippen LogP contribution is 2.30. The van der Waals surface area contributed by atoms with Crippen LogP contribution in [0.1, 0.15) is 0 Å². The minimum absolute atomic E-state index is 0.421. The highest BCUT2D eigenvalue weighted by molar-refractivity contribution is 6.36. The first-order valence-electron chi connectivity index (χ1n) is 5.74. The SMILES string of the molecule is COc1cccc(-c2nc3c(Cl)cc(Cl)cn3c2N)n1. The van der Waals surface area contributed by atoms with E-state index in [4.69, 9.17) is 33.7 Å². The van der Waals surface area contributed by atoms with E-state index in [0.29, 0.717) is 38.8 Å². The van der Waals surface area contributed by atoms with E-state index in [1.807, 2.05) is 6.07 Å². The average molecular weight is 309 g/mol. The molecule has 3 aromatic heterocycles. The van der Waals surface area contributed by atoms with Gasteiger partial charge in [-0.25, -0.2) is 9.97 Å². The van der Waals surface area contributed by atoms with Crippen molar-refractivity contribution in [3.8, 4) is 17.3 Å². The number of anilines is 1. The minimum Gasteiger partial charge on any atom is -0.481 e. The van der Waals surface area contributed by atoms with E-state index in [2.05, 4.69) is 9.97 Å². The summed E-state index contributed by atoms with van der Waals surface area (Å²) < 4.78 is 6.74. The van der Waals surface area contributed by atoms with Crippen LogP contribution in [0.15, 0.2) is 30.5 Å². The standard InChI is InChI=1S/C13H10Cl2N4O/c1-20-10-4-2-3-9(17-10)11-12(16)19-6-7(14)5-8(15)13(19)18-11/h2-6H,16H2,1H3. The van der Waals surface area contributed by atoms with Crippen molar-refractivity contribution in [2.75, 3.05) is 12.8 Å². The highest BCUT2D eigenvalue weighted by Gasteiger charge is 2.15. The fraction of sp³-hybridized carbons (Fsp3) is 0.0769. The Morgan fingerprint density at radius 2 is 2.05 bits per heavy atom. The van der Waals surface area contributed by atoms with Crippen molar-refractivity contribution >= 4 is 34.7 Å². The van der Waals surface area contributed by atoms with Crippen molar-refractivity contribution < 1.29 is 4.74 Å². The lowest BCUT2D eigenvalue weighted by molar-refractivity contribution is 0.398. The highest BCUT2D eigenvalue weighted by atomic mass is 35.5. The average Bonchev–Trinajstić information content (AvgIpc) is 2.77. The summed E-state index contributed by atoms with van der Waals surface area (Å²) in [5.41, 5.74) is 7.78. The fourth-order valence-corrected chi connectivity index (χ4v) is 2.45. The maximum atomic E-state index is 6.13. The van der Waals surface area contributed by atoms with Crippen molar-refractivity contribution in [3.63, 3.8) is 0 Å². The number of hydrogen-bond donors (Lipinski definition) is 1. The maximum absolute atomic E-state index is 6.13. The van der Waals surface area contributed by atoms with Gasteiger partial charge in [0.05, 0.1) is 22.8 Å². The summed E-state index contributed by atoms with van der Waals surface area (Å²) in [7, 11) is 1.55. The fourth-order valence-electron chi connectivity index (χ4n) is 1.94. The minimum atomic E-state index is 0.421. The number of fused-ring (bicyclic) bond motifs is 1. The van der Waals surface area contributed by atoms with Crippen molar-refractivity contribution in [2.24, 2.45) is 0 Å². The van der Waals surface area contributed by atoms with Crippen molar-refractivity contribution in [1.82, 2.24) is 14.4 Å². The number of aromatic nitrogens is 3. The summed E-state index contributed by atoms with van der Waals surface area (Å²) >= 11 is 12.1. The van der Waals surface area contributed by atoms with Crippen molar-refractivity contribution in [2.45, 2.75) is 0 Å². The van der Waals surface area contributed by atoms with Crippen LogP contribution in [-0.2, 0) is 0 Å². The molecular formula is C13H10Cl2N4O. The second-order valence-electron chi connectivity index (χ2n) is 4.11. The number of halogens is 2. The zero-order valence-electron chi connectivity index (χ0n) is 10.5. The molecular weight excluding hydrogens is 299 g/mol. The lowest BCUT2D eigenvalue weighted by Gasteiger charge is -2.02. The van der Waals surface area contributed by atoms with Gasteiger partial charge in [-0.05, 0) is 12.1 Å². The second kappa shape index (κ2) is 4.85. The smallest absolute Gasteiger partial charge is 0.213 e. The first-order chi connectivity index (χ1) is 9.60. The Labute approximate surface area is 124 Å². The predicted molar refractivity (Wildman–Crippen MR) is 79.4 cm³/mol. The number of pyridine rings is 2. The number of ether oxygens (including phenoxy) is 1. The maximum Gasteiger partial charge on any atom is 0.213 e. The Bertz CT molecular complexity index is 800. The Kier molecular flexibility index (Phi) is 3.16. The van der Waals surface area contributed by atoms with Gasteiger partial charge in [0, 0.05) is 12.3 Å². The van der Waals surface area contributed by atoms with Crippen LogP contribution in [-0.4, -0.2) is 21.5 Å². The van der Waals surface area contributed by atoms with Gasteiger partial charge in [0.1, 0.15) is 11.5 Å². The molecule has 0 unspecified atom stereocenters. The molecule has 0 bridgehead atoms. The van der Waals surface area contributed by atoms with E-state index in [1.165, 1.54) is 0 Å². The quantitative estimate of drug-likeness (QED) is 0.789. The van der Waals surface area contributed by atoms with E-state index in [9.17, 15) is 0 Å². The molecule has 0 aliphatic carbocycles. The largest absolute Gasteiger partial charge is 0.481 e. The van der Waals surface area contributed by atoms with Crippen molar-refractivity contribution in [1.29, 1.82) is 0 Å². The van der Waals surface area contributed by atoms with E-state index >= 15 is 0 Å². The van der Waals surface area contributed by atoms with Gasteiger partial charge in [-0.1, -0.05) is 29.3 Å². The topological polar surface area (TPSA) is 65.4 Å². The summed E-state index contributed by atoms with van der Waals surface area (Å²) in [6, 6.07) is 6.99. The monoisotopic (exact) mass is 308 g/mol. The summed E-state index contributed by atoms with van der Waals surface area (Å²) in [6.07, 6.45) is 1.66. The molecule has 0 aliphatic heterocycles. The molecule has 5 nitrogen and oxygen atoms in total. The lowest BCUT2D eigenvalue weighted by Crippen LogP contribution is -1.96. The summed E-state index contributed by atoms with van der Waals surface area (Å²) in [5.74, 6) is 0.910. The third-order valence-electron chi connectivity index (χ3n) is 2.85. The predicted octanol–water partition coefficient (Wildman–Crippen LogP) is 3.29. The molecule has 3 rings (SSSR count). The molecule has 0 aromatic carbocycles. The van der Waals surface area contributed by atoms with E-state index < -0.39 is 0 Å². The normalized spacial score (nSPS) is 10.9. The number of nitrogens with two attached hydrogens (primary N) is 1. The Morgan fingerprint density at radius 1 is 1.25 bits per heavy atom. The molecule has 0 saturated heterocycles. The van der Waals surface area contributed by atoms with Gasteiger partial charge in [-0.15, -0.1) is 0 Å². The first-order valence-corrected chi connectivity index (χ1v) is 6.49. The molecule has 0 aliphatic rings. The van der Waals surface area contributed by atoms with Gasteiger partial charge >= 0.3 is 0 Å². The van der Waals surface area contributed by atoms with Crippen LogP contribution < -0.4 is 10.5 Å². The van der Waals surface area contributed by atoms with Crippen LogP contribution >= 0.6 is 23.2 Å². The Hall–Kier alpha value is -1.98. The van der Waals surface area contributed by atoms with E-state index in [1.54, 1.807) is 35.9 Å². The van der Waals surface area contributed by atoms with Crippen LogP contribution in [0.3, 0.4) is 0 Å². The molecule has 0 spiro atoms. The molecule has 3 heterocycles. The van der Waals surface area contributed by atoms with Gasteiger partial charge < -0.3 is 10.5 Å². The molecule has 0 saturated carbocycles. The van der Waals surface area contributed by atoms with Crippen LogP contribution in [0.5, 0.6) is 5.88 Å². The number of methoxy groups -OCH3 is 1. The van der Waals surface area contributed by atoms with Crippen LogP contribution in [0, 0.1) is 0 Å². The van der Waals surface area contributed by atoms with E-state index in [-0.39, 0.29) is 0 Å². The van der Waals surface area contributed by atoms with Gasteiger partial charge in [-0.3, -0.25) is 4.40 Å². The number of nitrogens with zero attached hydrogens (tertiary/aromatic N) is 3. The van der Waals surface area contributed by atoms with E-state index in [0.717, 1.165) is 0 Å². The molecule has 0 atom stereocenters. The molecule has 20 heavy (non-hydrogen) atoms. The molecule has 102 valence electrons. The summed E-state index contributed by atoms with van der Waals surface area (Å²) in [4.78, 5) is 8.74. The van der Waals surface area contributed by atoms with Gasteiger partial charge in [0.15, 0.2) is 5.65 Å². The lowest BCUT2D eigenvalue weighted by atomic mass is 10.3. The first kappa shape index (κ1) is 13.0. The second-order valence-corrected chi connectivity index (χ2v) is 4.95. The van der Waals surface area contributed by atoms with Gasteiger partial charge in [-0.2, -0.15) is 0 Å². The summed E-state index contributed by atoms with van der Waals surface area (Å²) in [5, 5.41) is 0.912. The molecule has 0 radical (unpaired) electrons. The number of nitrogen functional groups attached to an aromatic ring is 1. The third-order valence-corrected chi connectivity index (χ3v) is 3.34. The summed E-state index contributed by atoms with van der Waals surface area (Å²) in [6.45, 7) is 0. The molecule has 2 N–H and O–H groups in total.